The molecule has 4 rings (SSSR count). The quantitative estimate of drug-likeness (QED) is 0.596. The second-order valence-corrected chi connectivity index (χ2v) is 6.24. The zero-order valence-corrected chi connectivity index (χ0v) is 11.6. The van der Waals surface area contributed by atoms with Crippen molar-refractivity contribution in [2.45, 2.75) is 57.4 Å². The van der Waals surface area contributed by atoms with E-state index in [9.17, 15) is 0 Å². The maximum atomic E-state index is 5.79. The molecular weight excluding hydrogens is 243 g/mol. The summed E-state index contributed by atoms with van der Waals surface area (Å²) < 4.78 is 0. The molecule has 0 aromatic rings. The number of hydrazine groups is 1. The van der Waals surface area contributed by atoms with Gasteiger partial charge in [0.2, 0.25) is 0 Å². The van der Waals surface area contributed by atoms with Gasteiger partial charge in [-0.15, -0.1) is 24.8 Å². The van der Waals surface area contributed by atoms with E-state index in [0.717, 1.165) is 11.8 Å². The van der Waals surface area contributed by atoms with E-state index in [2.05, 4.69) is 12.3 Å². The van der Waals surface area contributed by atoms with Crippen LogP contribution in [0.1, 0.15) is 51.9 Å². The largest absolute Gasteiger partial charge is 0.271 e. The van der Waals surface area contributed by atoms with Gasteiger partial charge in [0.1, 0.15) is 0 Å². The minimum Gasteiger partial charge on any atom is -0.271 e. The number of hydrogen-bond donors (Lipinski definition) is 2. The van der Waals surface area contributed by atoms with Crippen LogP contribution in [0, 0.1) is 17.3 Å². The average Bonchev–Trinajstić information content (AvgIpc) is 2.16. The van der Waals surface area contributed by atoms with Crippen LogP contribution in [0.4, 0.5) is 0 Å². The van der Waals surface area contributed by atoms with Crippen LogP contribution in [0.3, 0.4) is 0 Å². The molecule has 4 aliphatic rings. The number of rotatable bonds is 2. The third-order valence-corrected chi connectivity index (χ3v) is 5.24. The summed E-state index contributed by atoms with van der Waals surface area (Å²) in [6.45, 7) is 2.37. The highest BCUT2D eigenvalue weighted by Crippen LogP contribution is 2.62. The fraction of sp³-hybridized carbons (Fsp3) is 1.00. The highest BCUT2D eigenvalue weighted by molar-refractivity contribution is 5.85. The monoisotopic (exact) mass is 266 g/mol. The van der Waals surface area contributed by atoms with Gasteiger partial charge >= 0.3 is 0 Å². The number of nitrogens with two attached hydrogens (primary N) is 1. The standard InChI is InChI=1S/C12H22N2.2ClH/c1-2-11-4-9-3-10(5-11)7-12(6-9,8-11)14-13;;/h9-10,14H,2-8,13H2,1H3;2*1H/t9-,10+,11?,12?;;. The lowest BCUT2D eigenvalue weighted by atomic mass is 9.46. The second kappa shape index (κ2) is 4.64. The first kappa shape index (κ1) is 14.6. The molecule has 16 heavy (non-hydrogen) atoms. The van der Waals surface area contributed by atoms with Crippen LogP contribution in [0.15, 0.2) is 0 Å². The fourth-order valence-corrected chi connectivity index (χ4v) is 5.03. The van der Waals surface area contributed by atoms with Crippen molar-refractivity contribution in [3.8, 4) is 0 Å². The van der Waals surface area contributed by atoms with Crippen molar-refractivity contribution >= 4 is 24.8 Å². The Morgan fingerprint density at radius 3 is 2.12 bits per heavy atom. The molecule has 2 unspecified atom stereocenters. The Hall–Kier alpha value is 0.500. The van der Waals surface area contributed by atoms with Gasteiger partial charge in [-0.25, -0.2) is 0 Å². The van der Waals surface area contributed by atoms with Crippen LogP contribution < -0.4 is 11.3 Å². The van der Waals surface area contributed by atoms with E-state index in [1.807, 2.05) is 0 Å². The summed E-state index contributed by atoms with van der Waals surface area (Å²) in [4.78, 5) is 0. The molecule has 4 atom stereocenters. The zero-order valence-electron chi connectivity index (χ0n) is 10.00. The van der Waals surface area contributed by atoms with Crippen molar-refractivity contribution in [2.24, 2.45) is 23.1 Å². The molecule has 4 aliphatic carbocycles. The summed E-state index contributed by atoms with van der Waals surface area (Å²) in [5.41, 5.74) is 4.17. The summed E-state index contributed by atoms with van der Waals surface area (Å²) in [7, 11) is 0. The van der Waals surface area contributed by atoms with Gasteiger partial charge in [0, 0.05) is 5.54 Å². The average molecular weight is 267 g/mol. The highest BCUT2D eigenvalue weighted by Gasteiger charge is 2.56. The molecule has 2 nitrogen and oxygen atoms in total. The summed E-state index contributed by atoms with van der Waals surface area (Å²) >= 11 is 0. The Kier molecular flexibility index (Phi) is 4.22. The van der Waals surface area contributed by atoms with Gasteiger partial charge in [0.15, 0.2) is 0 Å². The van der Waals surface area contributed by atoms with Crippen molar-refractivity contribution in [3.05, 3.63) is 0 Å². The Morgan fingerprint density at radius 2 is 1.69 bits per heavy atom. The summed E-state index contributed by atoms with van der Waals surface area (Å²) in [6.07, 6.45) is 9.88. The molecule has 4 heteroatoms. The minimum atomic E-state index is 0. The highest BCUT2D eigenvalue weighted by atomic mass is 35.5. The van der Waals surface area contributed by atoms with Crippen molar-refractivity contribution in [3.63, 3.8) is 0 Å². The van der Waals surface area contributed by atoms with Crippen LogP contribution >= 0.6 is 24.8 Å². The Balaban J connectivity index is 0.000000640. The van der Waals surface area contributed by atoms with Crippen molar-refractivity contribution in [1.29, 1.82) is 0 Å². The third-order valence-electron chi connectivity index (χ3n) is 5.24. The smallest absolute Gasteiger partial charge is 0.0332 e. The van der Waals surface area contributed by atoms with Gasteiger partial charge in [0.05, 0.1) is 0 Å². The lowest BCUT2D eigenvalue weighted by Crippen LogP contribution is -2.63. The first-order valence-corrected chi connectivity index (χ1v) is 6.17. The molecule has 96 valence electrons. The third kappa shape index (κ3) is 1.98. The van der Waals surface area contributed by atoms with Gasteiger partial charge in [-0.1, -0.05) is 13.3 Å². The van der Waals surface area contributed by atoms with E-state index in [1.165, 1.54) is 44.9 Å². The summed E-state index contributed by atoms with van der Waals surface area (Å²) in [5, 5.41) is 0. The molecule has 0 heterocycles. The van der Waals surface area contributed by atoms with Gasteiger partial charge in [0.25, 0.3) is 0 Å². The number of nitrogens with one attached hydrogen (secondary N) is 1. The van der Waals surface area contributed by atoms with E-state index >= 15 is 0 Å². The van der Waals surface area contributed by atoms with Gasteiger partial charge in [-0.2, -0.15) is 0 Å². The number of halogens is 2. The maximum absolute atomic E-state index is 5.79. The molecule has 0 spiro atoms. The van der Waals surface area contributed by atoms with E-state index in [4.69, 9.17) is 5.84 Å². The molecule has 0 aromatic heterocycles. The first-order chi connectivity index (χ1) is 6.69. The fourth-order valence-electron chi connectivity index (χ4n) is 5.03. The predicted molar refractivity (Wildman–Crippen MR) is 72.0 cm³/mol. The first-order valence-electron chi connectivity index (χ1n) is 6.17. The maximum Gasteiger partial charge on any atom is 0.0332 e. The van der Waals surface area contributed by atoms with Gasteiger partial charge in [-0.3, -0.25) is 11.3 Å². The van der Waals surface area contributed by atoms with Crippen LogP contribution in [-0.4, -0.2) is 5.54 Å². The molecular formula is C12H24Cl2N2. The zero-order chi connectivity index (χ0) is 9.81. The molecule has 4 fully saturated rings. The Morgan fingerprint density at radius 1 is 1.12 bits per heavy atom. The van der Waals surface area contributed by atoms with Crippen LogP contribution in [-0.2, 0) is 0 Å². The molecule has 4 bridgehead atoms. The minimum absolute atomic E-state index is 0. The molecule has 0 radical (unpaired) electrons. The number of hydrogen-bond acceptors (Lipinski definition) is 2. The predicted octanol–water partition coefficient (Wildman–Crippen LogP) is 3.04. The van der Waals surface area contributed by atoms with E-state index in [0.29, 0.717) is 11.0 Å². The van der Waals surface area contributed by atoms with E-state index in [1.54, 1.807) is 0 Å². The molecule has 0 saturated heterocycles. The Bertz CT molecular complexity index is 221. The van der Waals surface area contributed by atoms with Crippen LogP contribution in [0.25, 0.3) is 0 Å². The lowest BCUT2D eigenvalue weighted by molar-refractivity contribution is -0.0834. The summed E-state index contributed by atoms with van der Waals surface area (Å²) in [6, 6.07) is 0. The second-order valence-electron chi connectivity index (χ2n) is 6.24. The van der Waals surface area contributed by atoms with E-state index in [-0.39, 0.29) is 24.8 Å². The van der Waals surface area contributed by atoms with Gasteiger partial charge in [-0.05, 0) is 55.8 Å². The molecule has 4 saturated carbocycles. The lowest BCUT2D eigenvalue weighted by Gasteiger charge is -2.62. The Labute approximate surface area is 111 Å². The normalized spacial score (nSPS) is 48.4. The van der Waals surface area contributed by atoms with Crippen LogP contribution in [0.2, 0.25) is 0 Å². The van der Waals surface area contributed by atoms with Crippen LogP contribution in [0.5, 0.6) is 0 Å². The summed E-state index contributed by atoms with van der Waals surface area (Å²) in [5.74, 6) is 7.75. The van der Waals surface area contributed by atoms with Gasteiger partial charge < -0.3 is 0 Å². The van der Waals surface area contributed by atoms with E-state index < -0.39 is 0 Å². The SMILES string of the molecule is CCC12C[C@H]3C[C@@H](C1)CC(NN)(C3)C2.Cl.Cl. The molecule has 0 amide bonds. The topological polar surface area (TPSA) is 38.0 Å². The molecule has 0 aromatic carbocycles. The molecule has 3 N–H and O–H groups in total. The molecule has 0 aliphatic heterocycles. The van der Waals surface area contributed by atoms with Crippen molar-refractivity contribution in [1.82, 2.24) is 5.43 Å². The van der Waals surface area contributed by atoms with Crippen molar-refractivity contribution < 1.29 is 0 Å². The van der Waals surface area contributed by atoms with Crippen molar-refractivity contribution in [2.75, 3.05) is 0 Å².